The van der Waals surface area contributed by atoms with Crippen LogP contribution < -0.4 is 5.32 Å². The van der Waals surface area contributed by atoms with E-state index in [0.29, 0.717) is 5.82 Å². The molecular formula is C8H9N3O2. The smallest absolute Gasteiger partial charge is 0.413 e. The molecule has 0 atom stereocenters. The molecule has 0 fully saturated rings. The van der Waals surface area contributed by atoms with Gasteiger partial charge in [0.05, 0.1) is 5.56 Å². The number of nitrogens with one attached hydrogen (secondary N) is 1. The Balaban J connectivity index is 2.56. The first kappa shape index (κ1) is 7.97. The second-order valence-electron chi connectivity index (χ2n) is 3.31. The predicted molar refractivity (Wildman–Crippen MR) is 45.2 cm³/mol. The van der Waals surface area contributed by atoms with Crippen molar-refractivity contribution in [2.24, 2.45) is 0 Å². The van der Waals surface area contributed by atoms with Crippen LogP contribution in [0.1, 0.15) is 19.4 Å². The lowest BCUT2D eigenvalue weighted by Gasteiger charge is -2.30. The molecule has 2 rings (SSSR count). The molecule has 1 aromatic rings. The number of hydrogen-bond acceptors (Lipinski definition) is 4. The van der Waals surface area contributed by atoms with E-state index in [1.54, 1.807) is 20.0 Å². The van der Waals surface area contributed by atoms with Crippen LogP contribution in [0.3, 0.4) is 0 Å². The van der Waals surface area contributed by atoms with Crippen molar-refractivity contribution in [1.82, 2.24) is 9.97 Å². The van der Waals surface area contributed by atoms with Gasteiger partial charge in [-0.05, 0) is 13.8 Å². The third-order valence-corrected chi connectivity index (χ3v) is 1.93. The molecule has 5 nitrogen and oxygen atoms in total. The van der Waals surface area contributed by atoms with Gasteiger partial charge in [-0.15, -0.1) is 0 Å². The van der Waals surface area contributed by atoms with Crippen molar-refractivity contribution in [3.8, 4) is 0 Å². The highest BCUT2D eigenvalue weighted by Crippen LogP contribution is 2.32. The molecule has 0 aromatic carbocycles. The number of ether oxygens (including phenoxy) is 1. The maximum atomic E-state index is 11.0. The summed E-state index contributed by atoms with van der Waals surface area (Å²) in [7, 11) is 0. The standard InChI is InChI=1S/C8H9N3O2/c1-8(2)5-3-9-4-10-6(5)11-7(12)13-8/h3-4H,1-2H3,(H,9,10,11,12). The van der Waals surface area contributed by atoms with Gasteiger partial charge < -0.3 is 4.74 Å². The van der Waals surface area contributed by atoms with Gasteiger partial charge in [0.15, 0.2) is 0 Å². The van der Waals surface area contributed by atoms with Crippen LogP contribution in [0, 0.1) is 0 Å². The van der Waals surface area contributed by atoms with Crippen LogP contribution in [0.2, 0.25) is 0 Å². The summed E-state index contributed by atoms with van der Waals surface area (Å²) in [4.78, 5) is 18.9. The zero-order valence-corrected chi connectivity index (χ0v) is 7.37. The van der Waals surface area contributed by atoms with Crippen LogP contribution in [0.4, 0.5) is 10.6 Å². The SMILES string of the molecule is CC1(C)OC(=O)Nc2ncncc21. The highest BCUT2D eigenvalue weighted by molar-refractivity contribution is 5.86. The van der Waals surface area contributed by atoms with Crippen LogP contribution in [0.5, 0.6) is 0 Å². The third kappa shape index (κ3) is 1.22. The molecule has 0 bridgehead atoms. The highest BCUT2D eigenvalue weighted by Gasteiger charge is 2.34. The summed E-state index contributed by atoms with van der Waals surface area (Å²) >= 11 is 0. The van der Waals surface area contributed by atoms with Gasteiger partial charge in [-0.1, -0.05) is 0 Å². The van der Waals surface area contributed by atoms with Gasteiger partial charge in [0.1, 0.15) is 17.7 Å². The van der Waals surface area contributed by atoms with Crippen molar-refractivity contribution in [2.75, 3.05) is 5.32 Å². The molecule has 0 spiro atoms. The van der Waals surface area contributed by atoms with E-state index in [9.17, 15) is 4.79 Å². The van der Waals surface area contributed by atoms with Gasteiger partial charge in [-0.3, -0.25) is 5.32 Å². The molecule has 13 heavy (non-hydrogen) atoms. The highest BCUT2D eigenvalue weighted by atomic mass is 16.6. The summed E-state index contributed by atoms with van der Waals surface area (Å²) in [6, 6.07) is 0. The normalized spacial score (nSPS) is 18.5. The van der Waals surface area contributed by atoms with Gasteiger partial charge in [0, 0.05) is 6.20 Å². The summed E-state index contributed by atoms with van der Waals surface area (Å²) in [5.41, 5.74) is 0.133. The van der Waals surface area contributed by atoms with Gasteiger partial charge in [0.25, 0.3) is 0 Å². The van der Waals surface area contributed by atoms with Crippen molar-refractivity contribution in [3.63, 3.8) is 0 Å². The lowest BCUT2D eigenvalue weighted by molar-refractivity contribution is 0.0412. The minimum absolute atomic E-state index is 0.476. The molecule has 1 amide bonds. The molecule has 0 radical (unpaired) electrons. The average molecular weight is 179 g/mol. The van der Waals surface area contributed by atoms with E-state index in [2.05, 4.69) is 15.3 Å². The van der Waals surface area contributed by atoms with Crippen molar-refractivity contribution in [3.05, 3.63) is 18.1 Å². The molecule has 0 aliphatic carbocycles. The van der Waals surface area contributed by atoms with Gasteiger partial charge in [0.2, 0.25) is 0 Å². The number of hydrogen-bond donors (Lipinski definition) is 1. The predicted octanol–water partition coefficient (Wildman–Crippen LogP) is 1.27. The number of carbonyl (C=O) groups excluding carboxylic acids is 1. The van der Waals surface area contributed by atoms with Crippen LogP contribution in [-0.2, 0) is 10.3 Å². The Morgan fingerprint density at radius 2 is 2.31 bits per heavy atom. The van der Waals surface area contributed by atoms with Gasteiger partial charge in [-0.2, -0.15) is 0 Å². The van der Waals surface area contributed by atoms with Gasteiger partial charge >= 0.3 is 6.09 Å². The van der Waals surface area contributed by atoms with Crippen molar-refractivity contribution in [1.29, 1.82) is 0 Å². The van der Waals surface area contributed by atoms with E-state index < -0.39 is 11.7 Å². The molecule has 1 aromatic heterocycles. The summed E-state index contributed by atoms with van der Waals surface area (Å²) in [5, 5.41) is 2.50. The fraction of sp³-hybridized carbons (Fsp3) is 0.375. The zero-order chi connectivity index (χ0) is 9.47. The van der Waals surface area contributed by atoms with Crippen LogP contribution in [0.25, 0.3) is 0 Å². The molecule has 68 valence electrons. The van der Waals surface area contributed by atoms with E-state index in [4.69, 9.17) is 4.74 Å². The van der Waals surface area contributed by atoms with E-state index >= 15 is 0 Å². The molecule has 1 aliphatic rings. The Bertz CT molecular complexity index is 362. The fourth-order valence-electron chi connectivity index (χ4n) is 1.28. The van der Waals surface area contributed by atoms with Crippen molar-refractivity contribution >= 4 is 11.9 Å². The Kier molecular flexibility index (Phi) is 1.48. The van der Waals surface area contributed by atoms with Gasteiger partial charge in [-0.25, -0.2) is 14.8 Å². The molecule has 1 aliphatic heterocycles. The topological polar surface area (TPSA) is 64.1 Å². The molecule has 0 saturated heterocycles. The average Bonchev–Trinajstić information content (AvgIpc) is 2.02. The number of carbonyl (C=O) groups is 1. The Hall–Kier alpha value is -1.65. The minimum Gasteiger partial charge on any atom is -0.438 e. The molecule has 1 N–H and O–H groups in total. The number of amides is 1. The first-order valence-corrected chi connectivity index (χ1v) is 3.90. The van der Waals surface area contributed by atoms with Crippen LogP contribution >= 0.6 is 0 Å². The number of cyclic esters (lactones) is 1. The number of anilines is 1. The Labute approximate surface area is 75.1 Å². The molecule has 5 heteroatoms. The third-order valence-electron chi connectivity index (χ3n) is 1.93. The van der Waals surface area contributed by atoms with E-state index in [0.717, 1.165) is 5.56 Å². The first-order chi connectivity index (χ1) is 6.09. The van der Waals surface area contributed by atoms with Crippen molar-refractivity contribution < 1.29 is 9.53 Å². The first-order valence-electron chi connectivity index (χ1n) is 3.90. The Morgan fingerprint density at radius 3 is 3.08 bits per heavy atom. The Morgan fingerprint density at radius 1 is 1.54 bits per heavy atom. The lowest BCUT2D eigenvalue weighted by atomic mass is 9.99. The lowest BCUT2D eigenvalue weighted by Crippen LogP contribution is -2.35. The van der Waals surface area contributed by atoms with E-state index in [1.165, 1.54) is 6.33 Å². The summed E-state index contributed by atoms with van der Waals surface area (Å²) in [5.74, 6) is 0.524. The molecular weight excluding hydrogens is 170 g/mol. The summed E-state index contributed by atoms with van der Waals surface area (Å²) in [6.07, 6.45) is 2.55. The monoisotopic (exact) mass is 179 g/mol. The number of aromatic nitrogens is 2. The van der Waals surface area contributed by atoms with E-state index in [-0.39, 0.29) is 0 Å². The largest absolute Gasteiger partial charge is 0.438 e. The number of fused-ring (bicyclic) bond motifs is 1. The second-order valence-corrected chi connectivity index (χ2v) is 3.31. The summed E-state index contributed by atoms with van der Waals surface area (Å²) in [6.45, 7) is 3.60. The minimum atomic E-state index is -0.654. The number of rotatable bonds is 0. The van der Waals surface area contributed by atoms with E-state index in [1.807, 2.05) is 0 Å². The van der Waals surface area contributed by atoms with Crippen LogP contribution in [-0.4, -0.2) is 16.1 Å². The maximum absolute atomic E-state index is 11.0. The fourth-order valence-corrected chi connectivity index (χ4v) is 1.28. The summed E-state index contributed by atoms with van der Waals surface area (Å²) < 4.78 is 5.07. The maximum Gasteiger partial charge on any atom is 0.413 e. The molecule has 0 unspecified atom stereocenters. The molecule has 0 saturated carbocycles. The zero-order valence-electron chi connectivity index (χ0n) is 7.37. The van der Waals surface area contributed by atoms with Crippen LogP contribution in [0.15, 0.2) is 12.5 Å². The quantitative estimate of drug-likeness (QED) is 0.651. The van der Waals surface area contributed by atoms with Crippen molar-refractivity contribution in [2.45, 2.75) is 19.4 Å². The number of nitrogens with zero attached hydrogens (tertiary/aromatic N) is 2. The second kappa shape index (κ2) is 2.42. The molecule has 2 heterocycles.